The van der Waals surface area contributed by atoms with Crippen molar-refractivity contribution in [1.29, 1.82) is 0 Å². The summed E-state index contributed by atoms with van der Waals surface area (Å²) in [4.78, 5) is 59.4. The molecule has 0 unspecified atom stereocenters. The average molecular weight is 443 g/mol. The standard InChI is InChI=1S/C19H23ClN2O8/c1-5-28-18(26)15(23)21-12-7-11(17(25)30-9-10(3)4)8-13(14(12)20)22-16(24)19(27)29-6-2/h7-8,10H,5-6,9H2,1-4H3,(H,21,23)(H,22,24). The minimum Gasteiger partial charge on any atom is -0.462 e. The normalized spacial score (nSPS) is 10.2. The van der Waals surface area contributed by atoms with Gasteiger partial charge in [-0.05, 0) is 31.9 Å². The number of esters is 3. The summed E-state index contributed by atoms with van der Waals surface area (Å²) in [6, 6.07) is 2.34. The van der Waals surface area contributed by atoms with E-state index in [2.05, 4.69) is 20.1 Å². The second-order valence-corrected chi connectivity index (χ2v) is 6.60. The largest absolute Gasteiger partial charge is 0.462 e. The summed E-state index contributed by atoms with van der Waals surface area (Å²) in [5.41, 5.74) is -0.431. The Morgan fingerprint density at radius 1 is 0.867 bits per heavy atom. The molecule has 10 nitrogen and oxygen atoms in total. The van der Waals surface area contributed by atoms with Crippen molar-refractivity contribution in [2.45, 2.75) is 27.7 Å². The maximum Gasteiger partial charge on any atom is 0.397 e. The van der Waals surface area contributed by atoms with E-state index in [1.165, 1.54) is 26.0 Å². The van der Waals surface area contributed by atoms with Gasteiger partial charge in [-0.15, -0.1) is 0 Å². The van der Waals surface area contributed by atoms with E-state index in [4.69, 9.17) is 16.3 Å². The van der Waals surface area contributed by atoms with E-state index < -0.39 is 29.7 Å². The molecule has 1 aromatic rings. The van der Waals surface area contributed by atoms with Crippen LogP contribution < -0.4 is 10.6 Å². The van der Waals surface area contributed by atoms with Gasteiger partial charge in [0, 0.05) is 0 Å². The van der Waals surface area contributed by atoms with Crippen LogP contribution in [-0.4, -0.2) is 49.5 Å². The van der Waals surface area contributed by atoms with Crippen molar-refractivity contribution < 1.29 is 38.2 Å². The number of rotatable bonds is 7. The summed E-state index contributed by atoms with van der Waals surface area (Å²) in [6.45, 7) is 6.79. The highest BCUT2D eigenvalue weighted by Gasteiger charge is 2.23. The van der Waals surface area contributed by atoms with Crippen LogP contribution in [0.1, 0.15) is 38.1 Å². The first-order chi connectivity index (χ1) is 14.1. The molecule has 30 heavy (non-hydrogen) atoms. The van der Waals surface area contributed by atoms with Gasteiger partial charge in [-0.25, -0.2) is 14.4 Å². The lowest BCUT2D eigenvalue weighted by Crippen LogP contribution is -2.27. The first-order valence-corrected chi connectivity index (χ1v) is 9.45. The molecule has 0 aliphatic carbocycles. The van der Waals surface area contributed by atoms with Crippen LogP contribution in [0.4, 0.5) is 11.4 Å². The Bertz CT molecular complexity index is 785. The molecule has 2 N–H and O–H groups in total. The molecular weight excluding hydrogens is 420 g/mol. The fraction of sp³-hybridized carbons (Fsp3) is 0.421. The van der Waals surface area contributed by atoms with Gasteiger partial charge in [0.25, 0.3) is 0 Å². The summed E-state index contributed by atoms with van der Waals surface area (Å²) >= 11 is 6.18. The highest BCUT2D eigenvalue weighted by molar-refractivity contribution is 6.43. The van der Waals surface area contributed by atoms with Crippen molar-refractivity contribution in [2.24, 2.45) is 5.92 Å². The van der Waals surface area contributed by atoms with Gasteiger partial charge in [0.15, 0.2) is 0 Å². The van der Waals surface area contributed by atoms with Gasteiger partial charge in [0.1, 0.15) is 0 Å². The van der Waals surface area contributed by atoms with Gasteiger partial charge < -0.3 is 24.8 Å². The van der Waals surface area contributed by atoms with Crippen LogP contribution in [0.3, 0.4) is 0 Å². The highest BCUT2D eigenvalue weighted by atomic mass is 35.5. The monoisotopic (exact) mass is 442 g/mol. The summed E-state index contributed by atoms with van der Waals surface area (Å²) in [6.07, 6.45) is 0. The first kappa shape index (κ1) is 24.9. The zero-order chi connectivity index (χ0) is 22.8. The third kappa shape index (κ3) is 7.36. The van der Waals surface area contributed by atoms with Gasteiger partial charge in [-0.3, -0.25) is 9.59 Å². The number of anilines is 2. The Kier molecular flexibility index (Phi) is 9.76. The van der Waals surface area contributed by atoms with Crippen molar-refractivity contribution in [3.05, 3.63) is 22.7 Å². The number of halogens is 1. The minimum atomic E-state index is -1.17. The second kappa shape index (κ2) is 11.8. The molecule has 11 heteroatoms. The smallest absolute Gasteiger partial charge is 0.397 e. The quantitative estimate of drug-likeness (QED) is 0.372. The van der Waals surface area contributed by atoms with Crippen LogP contribution in [-0.2, 0) is 33.4 Å². The number of nitrogens with one attached hydrogen (secondary N) is 2. The predicted octanol–water partition coefficient (Wildman–Crippen LogP) is 2.16. The number of hydrogen-bond donors (Lipinski definition) is 2. The number of hydrogen-bond acceptors (Lipinski definition) is 8. The molecular formula is C19H23ClN2O8. The molecule has 1 aromatic carbocycles. The average Bonchev–Trinajstić information content (AvgIpc) is 2.68. The van der Waals surface area contributed by atoms with E-state index in [0.717, 1.165) is 0 Å². The minimum absolute atomic E-state index is 0.0254. The lowest BCUT2D eigenvalue weighted by Gasteiger charge is -2.14. The Morgan fingerprint density at radius 2 is 1.30 bits per heavy atom. The summed E-state index contributed by atoms with van der Waals surface area (Å²) in [5, 5.41) is 4.17. The Morgan fingerprint density at radius 3 is 1.67 bits per heavy atom. The number of carbonyl (C=O) groups is 5. The van der Waals surface area contributed by atoms with Crippen LogP contribution in [0.15, 0.2) is 12.1 Å². The third-order valence-electron chi connectivity index (χ3n) is 3.27. The van der Waals surface area contributed by atoms with Crippen molar-refractivity contribution in [2.75, 3.05) is 30.5 Å². The Hall–Kier alpha value is -3.14. The van der Waals surface area contributed by atoms with Crippen LogP contribution in [0.5, 0.6) is 0 Å². The predicted molar refractivity (Wildman–Crippen MR) is 107 cm³/mol. The molecule has 0 aliphatic rings. The number of ether oxygens (including phenoxy) is 3. The highest BCUT2D eigenvalue weighted by Crippen LogP contribution is 2.32. The summed E-state index contributed by atoms with van der Waals surface area (Å²) in [5.74, 6) is -5.33. The number of benzene rings is 1. The molecule has 0 heterocycles. The van der Waals surface area contributed by atoms with Crippen LogP contribution in [0, 0.1) is 5.92 Å². The van der Waals surface area contributed by atoms with E-state index in [9.17, 15) is 24.0 Å². The topological polar surface area (TPSA) is 137 Å². The molecule has 0 aliphatic heterocycles. The van der Waals surface area contributed by atoms with E-state index in [0.29, 0.717) is 0 Å². The summed E-state index contributed by atoms with van der Waals surface area (Å²) < 4.78 is 14.3. The van der Waals surface area contributed by atoms with Gasteiger partial charge in [-0.2, -0.15) is 0 Å². The summed E-state index contributed by atoms with van der Waals surface area (Å²) in [7, 11) is 0. The van der Waals surface area contributed by atoms with Crippen molar-refractivity contribution in [3.63, 3.8) is 0 Å². The number of carbonyl (C=O) groups excluding carboxylic acids is 5. The maximum atomic E-state index is 12.3. The lowest BCUT2D eigenvalue weighted by atomic mass is 10.1. The van der Waals surface area contributed by atoms with Crippen LogP contribution >= 0.6 is 11.6 Å². The Balaban J connectivity index is 3.27. The second-order valence-electron chi connectivity index (χ2n) is 6.23. The van der Waals surface area contributed by atoms with E-state index >= 15 is 0 Å². The van der Waals surface area contributed by atoms with Gasteiger partial charge in [0.2, 0.25) is 0 Å². The van der Waals surface area contributed by atoms with E-state index in [1.54, 1.807) is 0 Å². The Labute approximate surface area is 178 Å². The molecule has 0 spiro atoms. The molecule has 0 atom stereocenters. The fourth-order valence-electron chi connectivity index (χ4n) is 1.99. The maximum absolute atomic E-state index is 12.3. The van der Waals surface area contributed by atoms with E-state index in [1.807, 2.05) is 13.8 Å². The van der Waals surface area contributed by atoms with Gasteiger partial charge in [0.05, 0.1) is 41.8 Å². The molecule has 164 valence electrons. The molecule has 0 aromatic heterocycles. The molecule has 0 saturated carbocycles. The molecule has 0 bridgehead atoms. The molecule has 0 fully saturated rings. The van der Waals surface area contributed by atoms with Gasteiger partial charge >= 0.3 is 29.7 Å². The zero-order valence-corrected chi connectivity index (χ0v) is 17.8. The number of amides is 2. The van der Waals surface area contributed by atoms with Gasteiger partial charge in [-0.1, -0.05) is 25.4 Å². The first-order valence-electron chi connectivity index (χ1n) is 9.07. The van der Waals surface area contributed by atoms with Crippen molar-refractivity contribution >= 4 is 52.7 Å². The van der Waals surface area contributed by atoms with E-state index in [-0.39, 0.29) is 47.7 Å². The SMILES string of the molecule is CCOC(=O)C(=O)Nc1cc(C(=O)OCC(C)C)cc(NC(=O)C(=O)OCC)c1Cl. The third-order valence-corrected chi connectivity index (χ3v) is 3.68. The molecule has 1 rings (SSSR count). The van der Waals surface area contributed by atoms with Crippen LogP contribution in [0.2, 0.25) is 5.02 Å². The van der Waals surface area contributed by atoms with Crippen molar-refractivity contribution in [3.8, 4) is 0 Å². The fourth-order valence-corrected chi connectivity index (χ4v) is 2.19. The van der Waals surface area contributed by atoms with Crippen molar-refractivity contribution in [1.82, 2.24) is 0 Å². The molecule has 0 radical (unpaired) electrons. The van der Waals surface area contributed by atoms with Crippen LogP contribution in [0.25, 0.3) is 0 Å². The molecule has 0 saturated heterocycles. The molecule has 2 amide bonds. The lowest BCUT2D eigenvalue weighted by molar-refractivity contribution is -0.152. The zero-order valence-electron chi connectivity index (χ0n) is 17.0.